The number of carboxylic acid groups (broad SMARTS) is 1. The van der Waals surface area contributed by atoms with Gasteiger partial charge in [-0.05, 0) is 43.5 Å². The molecule has 1 aromatic rings. The molecule has 1 unspecified atom stereocenters. The Morgan fingerprint density at radius 1 is 1.45 bits per heavy atom. The lowest BCUT2D eigenvalue weighted by Crippen LogP contribution is -2.39. The lowest BCUT2D eigenvalue weighted by Gasteiger charge is -2.32. The largest absolute Gasteiger partial charge is 0.496 e. The summed E-state index contributed by atoms with van der Waals surface area (Å²) >= 11 is 0. The molecule has 0 spiro atoms. The molecule has 0 aliphatic carbocycles. The van der Waals surface area contributed by atoms with Gasteiger partial charge in [-0.15, -0.1) is 0 Å². The number of hydrogen-bond donors (Lipinski definition) is 1. The third-order valence-electron chi connectivity index (χ3n) is 3.92. The molecule has 0 saturated carbocycles. The summed E-state index contributed by atoms with van der Waals surface area (Å²) in [5, 5.41) is 9.25. The quantitative estimate of drug-likeness (QED) is 0.839. The van der Waals surface area contributed by atoms with Crippen LogP contribution in [0, 0.1) is 0 Å². The lowest BCUT2D eigenvalue weighted by molar-refractivity contribution is -0.00224. The fraction of sp³-hybridized carbons (Fsp3) is 0.588. The minimum Gasteiger partial charge on any atom is -0.496 e. The van der Waals surface area contributed by atoms with Crippen LogP contribution in [0.2, 0.25) is 0 Å². The highest BCUT2D eigenvalue weighted by Crippen LogP contribution is 2.22. The van der Waals surface area contributed by atoms with Crippen LogP contribution in [0.4, 0.5) is 0 Å². The molecule has 1 N–H and O–H groups in total. The molecule has 0 aromatic heterocycles. The SMILES string of the molecule is CCCOC1CCCN(Cc2ccc(OC)c(C(=O)O)c2)C1. The maximum atomic E-state index is 11.3. The van der Waals surface area contributed by atoms with E-state index in [1.807, 2.05) is 6.07 Å². The van der Waals surface area contributed by atoms with Crippen LogP contribution in [0.25, 0.3) is 0 Å². The van der Waals surface area contributed by atoms with Gasteiger partial charge in [0, 0.05) is 19.7 Å². The van der Waals surface area contributed by atoms with Crippen molar-refractivity contribution < 1.29 is 19.4 Å². The minimum absolute atomic E-state index is 0.218. The fourth-order valence-electron chi connectivity index (χ4n) is 2.86. The molecular weight excluding hydrogens is 282 g/mol. The van der Waals surface area contributed by atoms with Crippen molar-refractivity contribution in [1.82, 2.24) is 4.90 Å². The van der Waals surface area contributed by atoms with Crippen molar-refractivity contribution in [3.05, 3.63) is 29.3 Å². The van der Waals surface area contributed by atoms with Crippen LogP contribution < -0.4 is 4.74 Å². The highest BCUT2D eigenvalue weighted by atomic mass is 16.5. The van der Waals surface area contributed by atoms with Crippen molar-refractivity contribution >= 4 is 5.97 Å². The van der Waals surface area contributed by atoms with Gasteiger partial charge in [0.25, 0.3) is 0 Å². The highest BCUT2D eigenvalue weighted by Gasteiger charge is 2.21. The number of carboxylic acids is 1. The molecule has 1 aliphatic rings. The highest BCUT2D eigenvalue weighted by molar-refractivity contribution is 5.91. The normalized spacial score (nSPS) is 19.1. The zero-order valence-electron chi connectivity index (χ0n) is 13.4. The van der Waals surface area contributed by atoms with Crippen molar-refractivity contribution in [3.8, 4) is 5.75 Å². The van der Waals surface area contributed by atoms with Gasteiger partial charge in [-0.1, -0.05) is 13.0 Å². The van der Waals surface area contributed by atoms with Gasteiger partial charge in [0.1, 0.15) is 11.3 Å². The summed E-state index contributed by atoms with van der Waals surface area (Å²) < 4.78 is 10.9. The number of methoxy groups -OCH3 is 1. The second-order valence-corrected chi connectivity index (χ2v) is 5.71. The van der Waals surface area contributed by atoms with E-state index in [1.54, 1.807) is 12.1 Å². The topological polar surface area (TPSA) is 59.0 Å². The Kier molecular flexibility index (Phi) is 6.21. The third kappa shape index (κ3) is 4.45. The predicted octanol–water partition coefficient (Wildman–Crippen LogP) is 2.78. The van der Waals surface area contributed by atoms with Gasteiger partial charge < -0.3 is 14.6 Å². The minimum atomic E-state index is -0.957. The number of carbonyl (C=O) groups is 1. The summed E-state index contributed by atoms with van der Waals surface area (Å²) in [6.07, 6.45) is 3.57. The summed E-state index contributed by atoms with van der Waals surface area (Å²) in [6.45, 7) is 5.61. The number of ether oxygens (including phenoxy) is 2. The maximum absolute atomic E-state index is 11.3. The van der Waals surface area contributed by atoms with Crippen molar-refractivity contribution in [2.45, 2.75) is 38.8 Å². The van der Waals surface area contributed by atoms with Gasteiger partial charge in [-0.25, -0.2) is 4.79 Å². The molecule has 1 atom stereocenters. The second-order valence-electron chi connectivity index (χ2n) is 5.71. The molecular formula is C17H25NO4. The first-order chi connectivity index (χ1) is 10.6. The number of aromatic carboxylic acids is 1. The van der Waals surface area contributed by atoms with Crippen LogP contribution in [-0.4, -0.2) is 48.9 Å². The Balaban J connectivity index is 2.00. The lowest BCUT2D eigenvalue weighted by atomic mass is 10.1. The van der Waals surface area contributed by atoms with E-state index < -0.39 is 5.97 Å². The van der Waals surface area contributed by atoms with Crippen molar-refractivity contribution in [3.63, 3.8) is 0 Å². The zero-order valence-corrected chi connectivity index (χ0v) is 13.4. The van der Waals surface area contributed by atoms with Crippen LogP contribution in [0.1, 0.15) is 42.1 Å². The molecule has 0 radical (unpaired) electrons. The second kappa shape index (κ2) is 8.15. The number of nitrogens with zero attached hydrogens (tertiary/aromatic N) is 1. The summed E-state index contributed by atoms with van der Waals surface area (Å²) in [4.78, 5) is 13.6. The monoisotopic (exact) mass is 307 g/mol. The third-order valence-corrected chi connectivity index (χ3v) is 3.92. The molecule has 5 nitrogen and oxygen atoms in total. The summed E-state index contributed by atoms with van der Waals surface area (Å²) in [7, 11) is 1.49. The fourth-order valence-corrected chi connectivity index (χ4v) is 2.86. The molecule has 2 rings (SSSR count). The van der Waals surface area contributed by atoms with E-state index >= 15 is 0 Å². The number of piperidine rings is 1. The maximum Gasteiger partial charge on any atom is 0.339 e. The van der Waals surface area contributed by atoms with Gasteiger partial charge in [0.15, 0.2) is 0 Å². The molecule has 1 fully saturated rings. The molecule has 122 valence electrons. The number of rotatable bonds is 7. The van der Waals surface area contributed by atoms with E-state index in [9.17, 15) is 9.90 Å². The molecule has 1 aromatic carbocycles. The first-order valence-corrected chi connectivity index (χ1v) is 7.88. The summed E-state index contributed by atoms with van der Waals surface area (Å²) in [6, 6.07) is 5.37. The van der Waals surface area contributed by atoms with Gasteiger partial charge in [-0.3, -0.25) is 4.90 Å². The van der Waals surface area contributed by atoms with Crippen molar-refractivity contribution in [2.75, 3.05) is 26.8 Å². The summed E-state index contributed by atoms with van der Waals surface area (Å²) in [5.74, 6) is -0.555. The standard InChI is InChI=1S/C17H25NO4/c1-3-9-22-14-5-4-8-18(12-14)11-13-6-7-16(21-2)15(10-13)17(19)20/h6-7,10,14H,3-5,8-9,11-12H2,1-2H3,(H,19,20). The molecule has 1 aliphatic heterocycles. The Morgan fingerprint density at radius 2 is 2.27 bits per heavy atom. The van der Waals surface area contributed by atoms with E-state index in [0.717, 1.165) is 51.1 Å². The number of hydrogen-bond acceptors (Lipinski definition) is 4. The van der Waals surface area contributed by atoms with E-state index in [4.69, 9.17) is 9.47 Å². The Bertz CT molecular complexity index is 503. The smallest absolute Gasteiger partial charge is 0.339 e. The zero-order chi connectivity index (χ0) is 15.9. The molecule has 5 heteroatoms. The average molecular weight is 307 g/mol. The first-order valence-electron chi connectivity index (χ1n) is 7.88. The van der Waals surface area contributed by atoms with Gasteiger partial charge in [-0.2, -0.15) is 0 Å². The molecule has 0 bridgehead atoms. The molecule has 22 heavy (non-hydrogen) atoms. The van der Waals surface area contributed by atoms with Gasteiger partial charge in [0.05, 0.1) is 13.2 Å². The van der Waals surface area contributed by atoms with Crippen molar-refractivity contribution in [1.29, 1.82) is 0 Å². The Labute approximate surface area is 131 Å². The van der Waals surface area contributed by atoms with E-state index in [2.05, 4.69) is 11.8 Å². The molecule has 1 heterocycles. The van der Waals surface area contributed by atoms with Crippen LogP contribution in [0.15, 0.2) is 18.2 Å². The molecule has 0 amide bonds. The van der Waals surface area contributed by atoms with Crippen LogP contribution in [0.5, 0.6) is 5.75 Å². The van der Waals surface area contributed by atoms with E-state index in [0.29, 0.717) is 11.9 Å². The van der Waals surface area contributed by atoms with Gasteiger partial charge >= 0.3 is 5.97 Å². The van der Waals surface area contributed by atoms with Crippen LogP contribution in [-0.2, 0) is 11.3 Å². The predicted molar refractivity (Wildman–Crippen MR) is 84.5 cm³/mol. The van der Waals surface area contributed by atoms with Crippen molar-refractivity contribution in [2.24, 2.45) is 0 Å². The van der Waals surface area contributed by atoms with E-state index in [1.165, 1.54) is 7.11 Å². The summed E-state index contributed by atoms with van der Waals surface area (Å²) in [5.41, 5.74) is 1.21. The van der Waals surface area contributed by atoms with Crippen LogP contribution in [0.3, 0.4) is 0 Å². The van der Waals surface area contributed by atoms with Crippen LogP contribution >= 0.6 is 0 Å². The number of benzene rings is 1. The van der Waals surface area contributed by atoms with Gasteiger partial charge in [0.2, 0.25) is 0 Å². The molecule has 1 saturated heterocycles. The Hall–Kier alpha value is -1.59. The average Bonchev–Trinajstić information content (AvgIpc) is 2.53. The Morgan fingerprint density at radius 3 is 2.95 bits per heavy atom. The number of likely N-dealkylation sites (tertiary alicyclic amines) is 1. The first kappa shape index (κ1) is 16.8. The van der Waals surface area contributed by atoms with E-state index in [-0.39, 0.29) is 5.56 Å².